The minimum absolute atomic E-state index is 0.135. The fraction of sp³-hybridized carbons (Fsp3) is 0.786. The summed E-state index contributed by atoms with van der Waals surface area (Å²) in [5, 5.41) is 0.588. The number of fused-ring (bicyclic) bond motifs is 2. The largest absolute Gasteiger partial charge is 0.298 e. The van der Waals surface area contributed by atoms with Crippen molar-refractivity contribution < 1.29 is 9.00 Å². The summed E-state index contributed by atoms with van der Waals surface area (Å²) in [5.74, 6) is 3.49. The Morgan fingerprint density at radius 1 is 1.22 bits per heavy atom. The standard InChI is InChI=1S/C14H22O2SSi/c1-18(2,3)8-4-5-14(15)11-9-12-6-7-13(10-11)17(12)16/h11-13H,5-7,9-10H2,1-3H3. The summed E-state index contributed by atoms with van der Waals surface area (Å²) < 4.78 is 11.9. The molecular formula is C14H22O2SSi. The number of Topliss-reactive ketones (excluding diaryl/α,β-unsaturated/α-hetero) is 1. The van der Waals surface area contributed by atoms with Gasteiger partial charge in [-0.05, 0) is 25.7 Å². The highest BCUT2D eigenvalue weighted by atomic mass is 32.2. The highest BCUT2D eigenvalue weighted by Gasteiger charge is 2.42. The maximum atomic E-state index is 12.1. The van der Waals surface area contributed by atoms with Crippen LogP contribution in [0.2, 0.25) is 19.6 Å². The van der Waals surface area contributed by atoms with Gasteiger partial charge in [0.05, 0.1) is 6.42 Å². The van der Waals surface area contributed by atoms with Gasteiger partial charge in [-0.2, -0.15) is 0 Å². The molecule has 0 spiro atoms. The lowest BCUT2D eigenvalue weighted by Crippen LogP contribution is -2.32. The molecule has 0 N–H and O–H groups in total. The molecule has 18 heavy (non-hydrogen) atoms. The smallest absolute Gasteiger partial charge is 0.147 e. The van der Waals surface area contributed by atoms with E-state index in [1.54, 1.807) is 0 Å². The van der Waals surface area contributed by atoms with E-state index in [0.29, 0.717) is 16.9 Å². The van der Waals surface area contributed by atoms with Gasteiger partial charge < -0.3 is 0 Å². The molecule has 0 aliphatic carbocycles. The van der Waals surface area contributed by atoms with Crippen LogP contribution in [0.5, 0.6) is 0 Å². The van der Waals surface area contributed by atoms with Gasteiger partial charge in [0.2, 0.25) is 0 Å². The fourth-order valence-corrected chi connectivity index (χ4v) is 5.58. The molecule has 2 aliphatic heterocycles. The van der Waals surface area contributed by atoms with Crippen molar-refractivity contribution in [1.29, 1.82) is 0 Å². The minimum Gasteiger partial charge on any atom is -0.298 e. The first-order valence-electron chi connectivity index (χ1n) is 6.79. The Balaban J connectivity index is 1.91. The summed E-state index contributed by atoms with van der Waals surface area (Å²) in [7, 11) is -2.02. The summed E-state index contributed by atoms with van der Waals surface area (Å²) in [6.45, 7) is 6.57. The number of carbonyl (C=O) groups excluding carboxylic acids is 1. The Kier molecular flexibility index (Phi) is 4.13. The van der Waals surface area contributed by atoms with Gasteiger partial charge in [0.25, 0.3) is 0 Å². The molecule has 0 aromatic rings. The van der Waals surface area contributed by atoms with Crippen molar-refractivity contribution in [2.75, 3.05) is 0 Å². The van der Waals surface area contributed by atoms with Crippen LogP contribution in [0.1, 0.15) is 32.1 Å². The van der Waals surface area contributed by atoms with Gasteiger partial charge in [0.15, 0.2) is 0 Å². The summed E-state index contributed by atoms with van der Waals surface area (Å²) in [6.07, 6.45) is 4.21. The molecule has 100 valence electrons. The van der Waals surface area contributed by atoms with Crippen molar-refractivity contribution in [3.05, 3.63) is 0 Å². The Hall–Kier alpha value is -0.403. The molecule has 0 amide bonds. The first-order valence-corrected chi connectivity index (χ1v) is 11.6. The monoisotopic (exact) mass is 282 g/mol. The number of rotatable bonds is 2. The Morgan fingerprint density at radius 2 is 1.78 bits per heavy atom. The van der Waals surface area contributed by atoms with Crippen molar-refractivity contribution in [2.24, 2.45) is 5.92 Å². The van der Waals surface area contributed by atoms with Crippen LogP contribution in [-0.2, 0) is 15.6 Å². The van der Waals surface area contributed by atoms with Gasteiger partial charge in [0.1, 0.15) is 13.9 Å². The van der Waals surface area contributed by atoms with Gasteiger partial charge in [-0.3, -0.25) is 9.00 Å². The van der Waals surface area contributed by atoms with E-state index in [1.807, 2.05) is 0 Å². The molecule has 2 heterocycles. The van der Waals surface area contributed by atoms with E-state index < -0.39 is 18.9 Å². The van der Waals surface area contributed by atoms with Gasteiger partial charge in [-0.1, -0.05) is 19.6 Å². The summed E-state index contributed by atoms with van der Waals surface area (Å²) in [5.41, 5.74) is 3.25. The van der Waals surface area contributed by atoms with Crippen molar-refractivity contribution in [3.8, 4) is 11.5 Å². The SMILES string of the molecule is C[Si](C)(C)C#CCC(=O)C1CC2CCC(C1)S2=O. The summed E-state index contributed by atoms with van der Waals surface area (Å²) in [4.78, 5) is 12.1. The molecule has 2 nitrogen and oxygen atoms in total. The minimum atomic E-state index is -1.36. The third kappa shape index (κ3) is 3.33. The molecule has 2 fully saturated rings. The lowest BCUT2D eigenvalue weighted by atomic mass is 9.93. The fourth-order valence-electron chi connectivity index (χ4n) is 2.84. The van der Waals surface area contributed by atoms with Crippen LogP contribution in [0.15, 0.2) is 0 Å². The van der Waals surface area contributed by atoms with E-state index in [0.717, 1.165) is 25.7 Å². The van der Waals surface area contributed by atoms with E-state index in [1.165, 1.54) is 0 Å². The zero-order valence-electron chi connectivity index (χ0n) is 11.5. The molecule has 2 unspecified atom stereocenters. The average Bonchev–Trinajstić information content (AvgIpc) is 2.51. The molecule has 0 aromatic carbocycles. The zero-order valence-corrected chi connectivity index (χ0v) is 13.3. The van der Waals surface area contributed by atoms with Gasteiger partial charge >= 0.3 is 0 Å². The number of hydrogen-bond donors (Lipinski definition) is 0. The molecule has 2 atom stereocenters. The zero-order chi connectivity index (χ0) is 13.3. The highest BCUT2D eigenvalue weighted by Crippen LogP contribution is 2.39. The second-order valence-electron chi connectivity index (χ2n) is 6.51. The summed E-state index contributed by atoms with van der Waals surface area (Å²) >= 11 is 0. The van der Waals surface area contributed by atoms with E-state index in [-0.39, 0.29) is 11.7 Å². The van der Waals surface area contributed by atoms with Crippen molar-refractivity contribution >= 4 is 24.7 Å². The maximum Gasteiger partial charge on any atom is 0.147 e. The lowest BCUT2D eigenvalue weighted by Gasteiger charge is -2.25. The van der Waals surface area contributed by atoms with E-state index >= 15 is 0 Å². The first kappa shape index (κ1) is 14.0. The maximum absolute atomic E-state index is 12.1. The number of carbonyl (C=O) groups is 1. The molecule has 2 saturated heterocycles. The molecule has 4 heteroatoms. The Bertz CT molecular complexity index is 411. The van der Waals surface area contributed by atoms with Crippen molar-refractivity contribution in [3.63, 3.8) is 0 Å². The third-order valence-corrected chi connectivity index (χ3v) is 6.84. The van der Waals surface area contributed by atoms with E-state index in [2.05, 4.69) is 31.1 Å². The predicted molar refractivity (Wildman–Crippen MR) is 78.4 cm³/mol. The molecule has 0 saturated carbocycles. The highest BCUT2D eigenvalue weighted by molar-refractivity contribution is 7.86. The topological polar surface area (TPSA) is 34.1 Å². The average molecular weight is 282 g/mol. The Labute approximate surface area is 113 Å². The van der Waals surface area contributed by atoms with Crippen LogP contribution in [0.4, 0.5) is 0 Å². The Morgan fingerprint density at radius 3 is 2.28 bits per heavy atom. The molecule has 2 rings (SSSR count). The van der Waals surface area contributed by atoms with Crippen LogP contribution >= 0.6 is 0 Å². The molecule has 0 radical (unpaired) electrons. The number of hydrogen-bond acceptors (Lipinski definition) is 2. The quantitative estimate of drug-likeness (QED) is 0.576. The molecule has 0 aromatic heterocycles. The summed E-state index contributed by atoms with van der Waals surface area (Å²) in [6, 6.07) is 0. The second kappa shape index (κ2) is 5.30. The van der Waals surface area contributed by atoms with Crippen LogP contribution < -0.4 is 0 Å². The molecule has 2 bridgehead atoms. The van der Waals surface area contributed by atoms with Crippen molar-refractivity contribution in [1.82, 2.24) is 0 Å². The number of ketones is 1. The third-order valence-electron chi connectivity index (χ3n) is 3.74. The van der Waals surface area contributed by atoms with Crippen LogP contribution in [0, 0.1) is 17.4 Å². The van der Waals surface area contributed by atoms with Gasteiger partial charge in [-0.15, -0.1) is 11.5 Å². The normalized spacial score (nSPS) is 34.8. The van der Waals surface area contributed by atoms with Gasteiger partial charge in [0, 0.05) is 27.2 Å². The van der Waals surface area contributed by atoms with Crippen molar-refractivity contribution in [2.45, 2.75) is 62.2 Å². The van der Waals surface area contributed by atoms with Crippen LogP contribution in [0.25, 0.3) is 0 Å². The van der Waals surface area contributed by atoms with E-state index in [9.17, 15) is 9.00 Å². The van der Waals surface area contributed by atoms with Crippen LogP contribution in [-0.4, -0.2) is 28.6 Å². The second-order valence-corrected chi connectivity index (χ2v) is 13.3. The first-order chi connectivity index (χ1) is 8.37. The predicted octanol–water partition coefficient (Wildman–Crippen LogP) is 2.52. The molecular weight excluding hydrogens is 260 g/mol. The lowest BCUT2D eigenvalue weighted by molar-refractivity contribution is -0.122. The van der Waals surface area contributed by atoms with Crippen LogP contribution in [0.3, 0.4) is 0 Å². The molecule has 2 aliphatic rings. The van der Waals surface area contributed by atoms with E-state index in [4.69, 9.17) is 0 Å². The van der Waals surface area contributed by atoms with Gasteiger partial charge in [-0.25, -0.2) is 0 Å².